The first-order chi connectivity index (χ1) is 11.6. The number of carbonyl (C=O) groups is 1. The summed E-state index contributed by atoms with van der Waals surface area (Å²) in [6, 6.07) is 13.1. The highest BCUT2D eigenvalue weighted by molar-refractivity contribution is 6.07. The van der Waals surface area contributed by atoms with Gasteiger partial charge in [-0.15, -0.1) is 0 Å². The highest BCUT2D eigenvalue weighted by Crippen LogP contribution is 2.24. The molecule has 24 heavy (non-hydrogen) atoms. The molecule has 1 aromatic carbocycles. The van der Waals surface area contributed by atoms with Gasteiger partial charge in [0.2, 0.25) is 0 Å². The van der Waals surface area contributed by atoms with E-state index in [0.717, 1.165) is 16.5 Å². The Kier molecular flexibility index (Phi) is 4.82. The molecule has 3 rings (SSSR count). The minimum atomic E-state index is -0.439. The number of nitrogens with one attached hydrogen (secondary N) is 1. The van der Waals surface area contributed by atoms with Gasteiger partial charge >= 0.3 is 0 Å². The van der Waals surface area contributed by atoms with E-state index in [0.29, 0.717) is 24.2 Å². The van der Waals surface area contributed by atoms with E-state index in [1.54, 1.807) is 25.4 Å². The molecule has 0 aliphatic heterocycles. The number of aliphatic hydroxyl groups excluding tert-OH is 1. The largest absolute Gasteiger partial charge is 0.393 e. The summed E-state index contributed by atoms with van der Waals surface area (Å²) in [7, 11) is 0. The van der Waals surface area contributed by atoms with Gasteiger partial charge in [0.15, 0.2) is 0 Å². The monoisotopic (exact) mass is 321 g/mol. The molecule has 1 unspecified atom stereocenters. The number of hydrogen-bond donors (Lipinski definition) is 2. The predicted octanol–water partition coefficient (Wildman–Crippen LogP) is 2.80. The zero-order valence-corrected chi connectivity index (χ0v) is 13.4. The lowest BCUT2D eigenvalue weighted by Gasteiger charge is -2.11. The van der Waals surface area contributed by atoms with Crippen molar-refractivity contribution in [3.05, 3.63) is 60.4 Å². The number of nitrogens with zero attached hydrogens (tertiary/aromatic N) is 2. The van der Waals surface area contributed by atoms with Crippen LogP contribution < -0.4 is 5.32 Å². The molecule has 2 N–H and O–H groups in total. The van der Waals surface area contributed by atoms with Crippen molar-refractivity contribution in [1.82, 2.24) is 15.3 Å². The Labute approximate surface area is 140 Å². The van der Waals surface area contributed by atoms with Gasteiger partial charge in [-0.2, -0.15) is 0 Å². The van der Waals surface area contributed by atoms with Crippen LogP contribution in [0.4, 0.5) is 0 Å². The molecule has 2 heterocycles. The van der Waals surface area contributed by atoms with E-state index in [1.165, 1.54) is 0 Å². The Hall–Kier alpha value is -2.79. The molecule has 0 bridgehead atoms. The van der Waals surface area contributed by atoms with E-state index < -0.39 is 6.10 Å². The number of fused-ring (bicyclic) bond motifs is 1. The summed E-state index contributed by atoms with van der Waals surface area (Å²) in [5, 5.41) is 13.0. The smallest absolute Gasteiger partial charge is 0.252 e. The van der Waals surface area contributed by atoms with Gasteiger partial charge in [-0.05, 0) is 37.6 Å². The van der Waals surface area contributed by atoms with E-state index >= 15 is 0 Å². The molecular formula is C19H19N3O2. The minimum absolute atomic E-state index is 0.167. The highest BCUT2D eigenvalue weighted by atomic mass is 16.3. The lowest BCUT2D eigenvalue weighted by atomic mass is 10.0. The Morgan fingerprint density at radius 1 is 1.25 bits per heavy atom. The maximum absolute atomic E-state index is 12.6. The second kappa shape index (κ2) is 7.19. The van der Waals surface area contributed by atoms with Gasteiger partial charge in [0.05, 0.1) is 22.9 Å². The molecule has 0 saturated carbocycles. The first-order valence-corrected chi connectivity index (χ1v) is 7.91. The van der Waals surface area contributed by atoms with Gasteiger partial charge in [-0.1, -0.05) is 18.2 Å². The summed E-state index contributed by atoms with van der Waals surface area (Å²) < 4.78 is 0. The van der Waals surface area contributed by atoms with Crippen LogP contribution in [0.3, 0.4) is 0 Å². The lowest BCUT2D eigenvalue weighted by molar-refractivity contribution is 0.0947. The molecule has 0 fully saturated rings. The second-order valence-electron chi connectivity index (χ2n) is 5.71. The number of rotatable bonds is 5. The first kappa shape index (κ1) is 16.1. The molecule has 0 aliphatic carbocycles. The van der Waals surface area contributed by atoms with Crippen LogP contribution in [0.25, 0.3) is 22.2 Å². The maximum Gasteiger partial charge on any atom is 0.252 e. The first-order valence-electron chi connectivity index (χ1n) is 7.91. The van der Waals surface area contributed by atoms with E-state index in [2.05, 4.69) is 15.3 Å². The Morgan fingerprint density at radius 3 is 2.83 bits per heavy atom. The van der Waals surface area contributed by atoms with Crippen molar-refractivity contribution < 1.29 is 9.90 Å². The van der Waals surface area contributed by atoms with Gasteiger partial charge < -0.3 is 10.4 Å². The standard InChI is InChI=1S/C19H19N3O2/c1-13(23)8-10-21-19(24)16-11-18(14-5-4-9-20-12-14)22-17-7-3-2-6-15(16)17/h2-7,9,11-13,23H,8,10H2,1H3,(H,21,24). The third kappa shape index (κ3) is 3.58. The summed E-state index contributed by atoms with van der Waals surface area (Å²) in [5.74, 6) is -0.167. The average Bonchev–Trinajstić information content (AvgIpc) is 2.61. The van der Waals surface area contributed by atoms with Crippen LogP contribution in [0, 0.1) is 0 Å². The zero-order chi connectivity index (χ0) is 16.9. The number of pyridine rings is 2. The van der Waals surface area contributed by atoms with Crippen molar-refractivity contribution in [2.75, 3.05) is 6.54 Å². The van der Waals surface area contributed by atoms with Gasteiger partial charge in [-0.25, -0.2) is 4.98 Å². The lowest BCUT2D eigenvalue weighted by Crippen LogP contribution is -2.26. The van der Waals surface area contributed by atoms with Gasteiger partial charge in [0.25, 0.3) is 5.91 Å². The topological polar surface area (TPSA) is 75.1 Å². The average molecular weight is 321 g/mol. The van der Waals surface area contributed by atoms with Crippen molar-refractivity contribution in [1.29, 1.82) is 0 Å². The van der Waals surface area contributed by atoms with Crippen molar-refractivity contribution in [2.45, 2.75) is 19.4 Å². The van der Waals surface area contributed by atoms with Crippen molar-refractivity contribution >= 4 is 16.8 Å². The maximum atomic E-state index is 12.6. The Bertz CT molecular complexity index is 848. The van der Waals surface area contributed by atoms with E-state index in [9.17, 15) is 9.90 Å². The number of benzene rings is 1. The fourth-order valence-electron chi connectivity index (χ4n) is 2.52. The molecule has 5 nitrogen and oxygen atoms in total. The summed E-state index contributed by atoms with van der Waals surface area (Å²) >= 11 is 0. The molecule has 0 aliphatic rings. The quantitative estimate of drug-likeness (QED) is 0.758. The molecule has 122 valence electrons. The highest BCUT2D eigenvalue weighted by Gasteiger charge is 2.13. The van der Waals surface area contributed by atoms with E-state index in [4.69, 9.17) is 0 Å². The molecule has 1 amide bonds. The summed E-state index contributed by atoms with van der Waals surface area (Å²) in [5.41, 5.74) is 2.91. The molecular weight excluding hydrogens is 302 g/mol. The van der Waals surface area contributed by atoms with Gasteiger partial charge in [0, 0.05) is 29.9 Å². The predicted molar refractivity (Wildman–Crippen MR) is 93.6 cm³/mol. The molecule has 2 aromatic heterocycles. The van der Waals surface area contributed by atoms with E-state index in [1.807, 2.05) is 36.4 Å². The van der Waals surface area contributed by atoms with Gasteiger partial charge in [-0.3, -0.25) is 9.78 Å². The summed E-state index contributed by atoms with van der Waals surface area (Å²) in [4.78, 5) is 21.3. The van der Waals surface area contributed by atoms with Crippen molar-refractivity contribution in [2.24, 2.45) is 0 Å². The van der Waals surface area contributed by atoms with Crippen LogP contribution >= 0.6 is 0 Å². The number of hydrogen-bond acceptors (Lipinski definition) is 4. The molecule has 3 aromatic rings. The second-order valence-corrected chi connectivity index (χ2v) is 5.71. The third-order valence-electron chi connectivity index (χ3n) is 3.77. The number of amides is 1. The fourth-order valence-corrected chi connectivity index (χ4v) is 2.52. The molecule has 5 heteroatoms. The fraction of sp³-hybridized carbons (Fsp3) is 0.211. The Morgan fingerprint density at radius 2 is 2.08 bits per heavy atom. The van der Waals surface area contributed by atoms with Crippen molar-refractivity contribution in [3.8, 4) is 11.3 Å². The number of aliphatic hydroxyl groups is 1. The number of aromatic nitrogens is 2. The number of carbonyl (C=O) groups excluding carboxylic acids is 1. The zero-order valence-electron chi connectivity index (χ0n) is 13.4. The van der Waals surface area contributed by atoms with Crippen LogP contribution in [0.2, 0.25) is 0 Å². The van der Waals surface area contributed by atoms with Crippen LogP contribution in [-0.2, 0) is 0 Å². The molecule has 1 atom stereocenters. The molecule has 0 spiro atoms. The van der Waals surface area contributed by atoms with Crippen LogP contribution in [-0.4, -0.2) is 33.6 Å². The summed E-state index contributed by atoms with van der Waals surface area (Å²) in [6.07, 6.45) is 3.51. The van der Waals surface area contributed by atoms with Crippen LogP contribution in [0.1, 0.15) is 23.7 Å². The molecule has 0 radical (unpaired) electrons. The normalized spacial score (nSPS) is 12.1. The van der Waals surface area contributed by atoms with E-state index in [-0.39, 0.29) is 5.91 Å². The van der Waals surface area contributed by atoms with Crippen molar-refractivity contribution in [3.63, 3.8) is 0 Å². The van der Waals surface area contributed by atoms with Gasteiger partial charge in [0.1, 0.15) is 0 Å². The Balaban J connectivity index is 2.00. The summed E-state index contributed by atoms with van der Waals surface area (Å²) in [6.45, 7) is 2.13. The van der Waals surface area contributed by atoms with Crippen LogP contribution in [0.5, 0.6) is 0 Å². The number of para-hydroxylation sites is 1. The van der Waals surface area contributed by atoms with Crippen LogP contribution in [0.15, 0.2) is 54.9 Å². The molecule has 0 saturated heterocycles. The minimum Gasteiger partial charge on any atom is -0.393 e. The third-order valence-corrected chi connectivity index (χ3v) is 3.77. The SMILES string of the molecule is CC(O)CCNC(=O)c1cc(-c2cccnc2)nc2ccccc12.